The Morgan fingerprint density at radius 1 is 0.300 bits per heavy atom. The minimum atomic E-state index is 1.11. The number of hydrogen-bond acceptors (Lipinski definition) is 2. The summed E-state index contributed by atoms with van der Waals surface area (Å²) in [6, 6.07) is 72.4. The van der Waals surface area contributed by atoms with Gasteiger partial charge in [0.2, 0.25) is 0 Å². The van der Waals surface area contributed by atoms with Gasteiger partial charge in [-0.2, -0.15) is 0 Å². The van der Waals surface area contributed by atoms with Gasteiger partial charge in [-0.3, -0.25) is 0 Å². The lowest BCUT2D eigenvalue weighted by Crippen LogP contribution is -2.11. The average molecular weight is 656 g/mol. The van der Waals surface area contributed by atoms with Crippen LogP contribution in [0.5, 0.6) is 0 Å². The molecule has 0 aliphatic heterocycles. The van der Waals surface area contributed by atoms with Crippen molar-refractivity contribution < 1.29 is 0 Å². The van der Waals surface area contributed by atoms with Gasteiger partial charge in [0.25, 0.3) is 0 Å². The normalized spacial score (nSPS) is 11.2. The van der Waals surface area contributed by atoms with E-state index in [1.54, 1.807) is 0 Å². The molecule has 0 bridgehead atoms. The molecule has 2 heteroatoms. The monoisotopic (exact) mass is 655 g/mol. The van der Waals surface area contributed by atoms with Crippen LogP contribution in [0, 0.1) is 0 Å². The molecule has 0 saturated carbocycles. The maximum Gasteiger partial charge on any atom is 0.0540 e. The molecule has 0 unspecified atom stereocenters. The topological polar surface area (TPSA) is 3.24 Å². The molecule has 9 aromatic rings. The van der Waals surface area contributed by atoms with Crippen LogP contribution >= 0.6 is 11.3 Å². The van der Waals surface area contributed by atoms with Gasteiger partial charge in [-0.25, -0.2) is 0 Å². The van der Waals surface area contributed by atoms with Gasteiger partial charge < -0.3 is 4.90 Å². The number of anilines is 3. The van der Waals surface area contributed by atoms with Crippen LogP contribution in [0.1, 0.15) is 0 Å². The molecule has 0 aliphatic carbocycles. The molecule has 9 rings (SSSR count). The van der Waals surface area contributed by atoms with Crippen LogP contribution < -0.4 is 4.90 Å². The molecule has 0 amide bonds. The molecule has 0 aliphatic rings. The molecule has 0 radical (unpaired) electrons. The molecular weight excluding hydrogens is 623 g/mol. The van der Waals surface area contributed by atoms with E-state index in [-0.39, 0.29) is 0 Å². The lowest BCUT2D eigenvalue weighted by molar-refractivity contribution is 1.29. The van der Waals surface area contributed by atoms with E-state index in [1.807, 2.05) is 11.3 Å². The Labute approximate surface area is 297 Å². The minimum Gasteiger partial charge on any atom is -0.310 e. The van der Waals surface area contributed by atoms with E-state index in [0.717, 1.165) is 17.1 Å². The van der Waals surface area contributed by atoms with Crippen molar-refractivity contribution in [1.82, 2.24) is 0 Å². The Balaban J connectivity index is 1.27. The van der Waals surface area contributed by atoms with E-state index in [1.165, 1.54) is 64.7 Å². The molecule has 1 nitrogen and oxygen atoms in total. The third-order valence-corrected chi connectivity index (χ3v) is 10.6. The highest BCUT2D eigenvalue weighted by molar-refractivity contribution is 7.25. The van der Waals surface area contributed by atoms with Crippen LogP contribution in [0.2, 0.25) is 0 Å². The van der Waals surface area contributed by atoms with Gasteiger partial charge in [0.15, 0.2) is 0 Å². The molecule has 50 heavy (non-hydrogen) atoms. The number of hydrogen-bond donors (Lipinski definition) is 0. The lowest BCUT2D eigenvalue weighted by atomic mass is 9.88. The van der Waals surface area contributed by atoms with Gasteiger partial charge >= 0.3 is 0 Å². The van der Waals surface area contributed by atoms with Crippen LogP contribution in [-0.2, 0) is 0 Å². The molecule has 0 fully saturated rings. The molecule has 236 valence electrons. The van der Waals surface area contributed by atoms with Crippen molar-refractivity contribution in [3.05, 3.63) is 200 Å². The number of thiophene rings is 1. The van der Waals surface area contributed by atoms with Crippen LogP contribution in [-0.4, -0.2) is 0 Å². The summed E-state index contributed by atoms with van der Waals surface area (Å²) in [6.45, 7) is 0. The first-order valence-corrected chi connectivity index (χ1v) is 17.8. The number of rotatable bonds is 7. The Morgan fingerprint density at radius 3 is 1.58 bits per heavy atom. The third-order valence-electron chi connectivity index (χ3n) is 9.49. The Bertz CT molecular complexity index is 2600. The van der Waals surface area contributed by atoms with E-state index in [2.05, 4.69) is 205 Å². The molecule has 1 aromatic heterocycles. The molecular formula is C48H33NS. The van der Waals surface area contributed by atoms with Gasteiger partial charge in [0.1, 0.15) is 0 Å². The summed E-state index contributed by atoms with van der Waals surface area (Å²) in [5, 5.41) is 2.57. The van der Waals surface area contributed by atoms with Crippen LogP contribution in [0.15, 0.2) is 200 Å². The Morgan fingerprint density at radius 2 is 0.820 bits per heavy atom. The van der Waals surface area contributed by atoms with Crippen molar-refractivity contribution in [2.75, 3.05) is 4.90 Å². The van der Waals surface area contributed by atoms with Crippen molar-refractivity contribution in [2.45, 2.75) is 0 Å². The van der Waals surface area contributed by atoms with Crippen molar-refractivity contribution in [3.8, 4) is 44.5 Å². The second kappa shape index (κ2) is 13.0. The molecule has 1 heterocycles. The predicted octanol–water partition coefficient (Wildman–Crippen LogP) is 14.2. The van der Waals surface area contributed by atoms with Crippen molar-refractivity contribution >= 4 is 48.6 Å². The highest BCUT2D eigenvalue weighted by Gasteiger charge is 2.21. The SMILES string of the molecule is c1ccc(-c2cccc(N(c3ccc4sc5ccccc5c4c3)c3ccccc3-c3ccccc3-c3ccccc3-c3ccccc3)c2)cc1. The number of benzene rings is 8. The highest BCUT2D eigenvalue weighted by Crippen LogP contribution is 2.47. The van der Waals surface area contributed by atoms with E-state index in [4.69, 9.17) is 0 Å². The van der Waals surface area contributed by atoms with Crippen LogP contribution in [0.3, 0.4) is 0 Å². The summed E-state index contributed by atoms with van der Waals surface area (Å²) in [4.78, 5) is 2.44. The highest BCUT2D eigenvalue weighted by atomic mass is 32.1. The second-order valence-electron chi connectivity index (χ2n) is 12.5. The van der Waals surface area contributed by atoms with Gasteiger partial charge in [-0.05, 0) is 81.4 Å². The fourth-order valence-electron chi connectivity index (χ4n) is 7.17. The van der Waals surface area contributed by atoms with Crippen molar-refractivity contribution in [3.63, 3.8) is 0 Å². The van der Waals surface area contributed by atoms with Crippen LogP contribution in [0.25, 0.3) is 64.7 Å². The average Bonchev–Trinajstić information content (AvgIpc) is 3.57. The zero-order chi connectivity index (χ0) is 33.3. The number of nitrogens with zero attached hydrogens (tertiary/aromatic N) is 1. The van der Waals surface area contributed by atoms with Gasteiger partial charge in [0, 0.05) is 37.1 Å². The van der Waals surface area contributed by atoms with Gasteiger partial charge in [-0.1, -0.05) is 158 Å². The van der Waals surface area contributed by atoms with Crippen molar-refractivity contribution in [2.24, 2.45) is 0 Å². The fourth-order valence-corrected chi connectivity index (χ4v) is 8.26. The maximum absolute atomic E-state index is 2.44. The van der Waals surface area contributed by atoms with Crippen molar-refractivity contribution in [1.29, 1.82) is 0 Å². The summed E-state index contributed by atoms with van der Waals surface area (Å²) in [7, 11) is 0. The fraction of sp³-hybridized carbons (Fsp3) is 0. The summed E-state index contributed by atoms with van der Waals surface area (Å²) < 4.78 is 2.60. The molecule has 0 N–H and O–H groups in total. The zero-order valence-electron chi connectivity index (χ0n) is 27.4. The Kier molecular flexibility index (Phi) is 7.77. The maximum atomic E-state index is 2.44. The molecule has 0 saturated heterocycles. The van der Waals surface area contributed by atoms with Gasteiger partial charge in [0.05, 0.1) is 5.69 Å². The van der Waals surface area contributed by atoms with Gasteiger partial charge in [-0.15, -0.1) is 11.3 Å². The van der Waals surface area contributed by atoms with E-state index < -0.39 is 0 Å². The lowest BCUT2D eigenvalue weighted by Gasteiger charge is -2.29. The summed E-state index contributed by atoms with van der Waals surface area (Å²) in [5.74, 6) is 0. The molecule has 0 atom stereocenters. The molecule has 8 aromatic carbocycles. The van der Waals surface area contributed by atoms with Crippen LogP contribution in [0.4, 0.5) is 17.1 Å². The zero-order valence-corrected chi connectivity index (χ0v) is 28.2. The predicted molar refractivity (Wildman–Crippen MR) is 216 cm³/mol. The minimum absolute atomic E-state index is 1.11. The first-order valence-electron chi connectivity index (χ1n) is 17.0. The number of fused-ring (bicyclic) bond motifs is 3. The first-order chi connectivity index (χ1) is 24.8. The summed E-state index contributed by atoms with van der Waals surface area (Å²) in [5.41, 5.74) is 13.0. The number of para-hydroxylation sites is 1. The summed E-state index contributed by atoms with van der Waals surface area (Å²) in [6.07, 6.45) is 0. The van der Waals surface area contributed by atoms with E-state index in [9.17, 15) is 0 Å². The standard InChI is InChI=1S/C48H33NS/c1-3-16-34(17-4-1)36-20-15-21-37(32-36)49(38-30-31-48-45(33-38)44-27-12-14-29-47(44)50-48)46-28-13-11-26-43(46)42-25-10-9-24-41(42)40-23-8-7-22-39(40)35-18-5-2-6-19-35/h1-33H. The quantitative estimate of drug-likeness (QED) is 0.165. The summed E-state index contributed by atoms with van der Waals surface area (Å²) >= 11 is 1.85. The second-order valence-corrected chi connectivity index (χ2v) is 13.6. The largest absolute Gasteiger partial charge is 0.310 e. The smallest absolute Gasteiger partial charge is 0.0540 e. The van der Waals surface area contributed by atoms with E-state index >= 15 is 0 Å². The van der Waals surface area contributed by atoms with E-state index in [0.29, 0.717) is 0 Å². The first kappa shape index (κ1) is 29.9. The third kappa shape index (κ3) is 5.46. The Hall–Kier alpha value is -6.22. The molecule has 0 spiro atoms.